The molecule has 36 heavy (non-hydrogen) atoms. The molecule has 3 aromatic rings. The number of anilines is 1. The Hall–Kier alpha value is -3.97. The first-order chi connectivity index (χ1) is 17.4. The van der Waals surface area contributed by atoms with Crippen molar-refractivity contribution >= 4 is 34.7 Å². The number of benzene rings is 3. The van der Waals surface area contributed by atoms with E-state index in [0.29, 0.717) is 35.1 Å². The lowest BCUT2D eigenvalue weighted by Crippen LogP contribution is -2.29. The first-order valence-electron chi connectivity index (χ1n) is 11.4. The minimum atomic E-state index is -0.914. The highest BCUT2D eigenvalue weighted by molar-refractivity contribution is 6.51. The van der Waals surface area contributed by atoms with Crippen molar-refractivity contribution in [2.24, 2.45) is 0 Å². The molecule has 1 atom stereocenters. The van der Waals surface area contributed by atoms with Gasteiger partial charge < -0.3 is 19.3 Å². The fourth-order valence-corrected chi connectivity index (χ4v) is 4.40. The van der Waals surface area contributed by atoms with E-state index in [2.05, 4.69) is 0 Å². The van der Waals surface area contributed by atoms with Gasteiger partial charge in [0, 0.05) is 17.3 Å². The predicted octanol–water partition coefficient (Wildman–Crippen LogP) is 5.77. The Kier molecular flexibility index (Phi) is 7.50. The van der Waals surface area contributed by atoms with Gasteiger partial charge in [0.05, 0.1) is 37.5 Å². The molecule has 3 aromatic carbocycles. The van der Waals surface area contributed by atoms with Crippen LogP contribution >= 0.6 is 11.6 Å². The van der Waals surface area contributed by atoms with Gasteiger partial charge in [-0.1, -0.05) is 36.7 Å². The normalized spacial score (nSPS) is 16.8. The van der Waals surface area contributed by atoms with Gasteiger partial charge in [-0.05, 0) is 54.4 Å². The maximum Gasteiger partial charge on any atom is 0.300 e. The molecule has 7 nitrogen and oxygen atoms in total. The number of hydrogen-bond acceptors (Lipinski definition) is 6. The van der Waals surface area contributed by atoms with E-state index in [9.17, 15) is 14.7 Å². The second kappa shape index (κ2) is 10.7. The van der Waals surface area contributed by atoms with Gasteiger partial charge >= 0.3 is 0 Å². The van der Waals surface area contributed by atoms with Gasteiger partial charge in [-0.2, -0.15) is 0 Å². The van der Waals surface area contributed by atoms with Crippen molar-refractivity contribution in [2.45, 2.75) is 19.4 Å². The molecule has 186 valence electrons. The van der Waals surface area contributed by atoms with Crippen molar-refractivity contribution in [3.05, 3.63) is 88.5 Å². The fourth-order valence-electron chi connectivity index (χ4n) is 4.14. The highest BCUT2D eigenvalue weighted by atomic mass is 35.5. The molecule has 1 heterocycles. The number of methoxy groups -OCH3 is 2. The van der Waals surface area contributed by atoms with Gasteiger partial charge in [0.15, 0.2) is 0 Å². The van der Waals surface area contributed by atoms with Crippen molar-refractivity contribution in [2.75, 3.05) is 25.7 Å². The lowest BCUT2D eigenvalue weighted by atomic mass is 9.95. The minimum Gasteiger partial charge on any atom is -0.507 e. The molecular weight excluding hydrogens is 482 g/mol. The molecule has 0 bridgehead atoms. The monoisotopic (exact) mass is 507 g/mol. The highest BCUT2D eigenvalue weighted by Gasteiger charge is 2.47. The van der Waals surface area contributed by atoms with Crippen LogP contribution in [0.25, 0.3) is 5.76 Å². The summed E-state index contributed by atoms with van der Waals surface area (Å²) in [6.07, 6.45) is 0.822. The fraction of sp³-hybridized carbons (Fsp3) is 0.214. The first-order valence-corrected chi connectivity index (χ1v) is 11.8. The van der Waals surface area contributed by atoms with Gasteiger partial charge in [-0.3, -0.25) is 14.5 Å². The van der Waals surface area contributed by atoms with E-state index < -0.39 is 17.7 Å². The molecule has 8 heteroatoms. The minimum absolute atomic E-state index is 0.0608. The van der Waals surface area contributed by atoms with E-state index in [-0.39, 0.29) is 21.9 Å². The molecule has 1 amide bonds. The lowest BCUT2D eigenvalue weighted by Gasteiger charge is -2.26. The van der Waals surface area contributed by atoms with E-state index in [1.54, 1.807) is 60.7 Å². The van der Waals surface area contributed by atoms with Crippen LogP contribution in [0.2, 0.25) is 5.02 Å². The van der Waals surface area contributed by atoms with Crippen LogP contribution in [0, 0.1) is 0 Å². The number of nitrogens with zero attached hydrogens (tertiary/aromatic N) is 1. The van der Waals surface area contributed by atoms with Crippen molar-refractivity contribution in [3.63, 3.8) is 0 Å². The molecule has 0 radical (unpaired) electrons. The molecule has 1 N–H and O–H groups in total. The first kappa shape index (κ1) is 25.1. The summed E-state index contributed by atoms with van der Waals surface area (Å²) >= 11 is 6.27. The smallest absolute Gasteiger partial charge is 0.300 e. The summed E-state index contributed by atoms with van der Waals surface area (Å²) in [5, 5.41) is 11.6. The average molecular weight is 508 g/mol. The van der Waals surface area contributed by atoms with Crippen LogP contribution in [0.4, 0.5) is 5.69 Å². The molecule has 1 unspecified atom stereocenters. The van der Waals surface area contributed by atoms with Crippen LogP contribution < -0.4 is 19.1 Å². The third-order valence-electron chi connectivity index (χ3n) is 5.85. The van der Waals surface area contributed by atoms with Crippen LogP contribution in [0.3, 0.4) is 0 Å². The number of aliphatic hydroxyl groups excluding tert-OH is 1. The van der Waals surface area contributed by atoms with Crippen molar-refractivity contribution in [1.29, 1.82) is 0 Å². The lowest BCUT2D eigenvalue weighted by molar-refractivity contribution is -0.132. The number of halogens is 1. The second-order valence-electron chi connectivity index (χ2n) is 8.14. The number of ketones is 1. The third-order valence-corrected chi connectivity index (χ3v) is 6.14. The van der Waals surface area contributed by atoms with Gasteiger partial charge in [0.2, 0.25) is 0 Å². The van der Waals surface area contributed by atoms with Crippen LogP contribution in [0.1, 0.15) is 30.5 Å². The summed E-state index contributed by atoms with van der Waals surface area (Å²) in [6, 6.07) is 17.7. The summed E-state index contributed by atoms with van der Waals surface area (Å²) in [4.78, 5) is 28.1. The zero-order valence-corrected chi connectivity index (χ0v) is 20.9. The molecule has 1 saturated heterocycles. The molecular formula is C28H26ClNO6. The van der Waals surface area contributed by atoms with E-state index in [0.717, 1.165) is 6.42 Å². The Morgan fingerprint density at radius 2 is 1.72 bits per heavy atom. The molecule has 1 aliphatic heterocycles. The Morgan fingerprint density at radius 3 is 2.42 bits per heavy atom. The quantitative estimate of drug-likeness (QED) is 0.236. The Balaban J connectivity index is 1.91. The summed E-state index contributed by atoms with van der Waals surface area (Å²) in [5.74, 6) is -0.384. The molecule has 1 aliphatic rings. The molecule has 0 aliphatic carbocycles. The van der Waals surface area contributed by atoms with Crippen LogP contribution in [-0.2, 0) is 9.59 Å². The molecule has 0 saturated carbocycles. The van der Waals surface area contributed by atoms with E-state index >= 15 is 0 Å². The number of ether oxygens (including phenoxy) is 3. The number of hydrogen-bond donors (Lipinski definition) is 1. The molecule has 0 spiro atoms. The zero-order valence-electron chi connectivity index (χ0n) is 20.2. The number of rotatable bonds is 8. The number of carbonyl (C=O) groups excluding carboxylic acids is 2. The van der Waals surface area contributed by atoms with E-state index in [1.165, 1.54) is 25.2 Å². The third kappa shape index (κ3) is 4.75. The van der Waals surface area contributed by atoms with E-state index in [1.807, 2.05) is 6.92 Å². The summed E-state index contributed by atoms with van der Waals surface area (Å²) < 4.78 is 16.3. The van der Waals surface area contributed by atoms with Crippen LogP contribution in [0.5, 0.6) is 17.2 Å². The van der Waals surface area contributed by atoms with Gasteiger partial charge in [0.1, 0.15) is 23.0 Å². The number of carbonyl (C=O) groups is 2. The summed E-state index contributed by atoms with van der Waals surface area (Å²) in [7, 11) is 3.01. The van der Waals surface area contributed by atoms with E-state index in [4.69, 9.17) is 25.8 Å². The van der Waals surface area contributed by atoms with Crippen molar-refractivity contribution in [3.8, 4) is 17.2 Å². The Labute approximate surface area is 214 Å². The summed E-state index contributed by atoms with van der Waals surface area (Å²) in [6.45, 7) is 2.51. The average Bonchev–Trinajstić information content (AvgIpc) is 3.17. The van der Waals surface area contributed by atoms with Crippen LogP contribution in [-0.4, -0.2) is 37.6 Å². The second-order valence-corrected chi connectivity index (χ2v) is 8.55. The summed E-state index contributed by atoms with van der Waals surface area (Å²) in [5.41, 5.74) is 1.28. The molecule has 1 fully saturated rings. The van der Waals surface area contributed by atoms with Crippen molar-refractivity contribution in [1.82, 2.24) is 0 Å². The topological polar surface area (TPSA) is 85.3 Å². The zero-order chi connectivity index (χ0) is 25.8. The van der Waals surface area contributed by atoms with Gasteiger partial charge in [0.25, 0.3) is 11.7 Å². The highest BCUT2D eigenvalue weighted by Crippen LogP contribution is 2.44. The molecule has 4 rings (SSSR count). The molecule has 0 aromatic heterocycles. The maximum absolute atomic E-state index is 13.4. The van der Waals surface area contributed by atoms with Gasteiger partial charge in [-0.25, -0.2) is 0 Å². The Bertz CT molecular complexity index is 1340. The number of aliphatic hydroxyl groups is 1. The van der Waals surface area contributed by atoms with Crippen LogP contribution in [0.15, 0.2) is 72.3 Å². The number of amides is 1. The van der Waals surface area contributed by atoms with Gasteiger partial charge in [-0.15, -0.1) is 0 Å². The largest absolute Gasteiger partial charge is 0.507 e. The standard InChI is InChI=1S/C28H26ClNO6/c1-4-13-36-21-10-6-8-19(16-21)30-25(17-7-5-9-20(14-17)34-2)24(27(32)28(30)33)26(31)18-11-12-23(35-3)22(29)15-18/h5-12,14-16,25,31H,4,13H2,1-3H3/b26-24+. The van der Waals surface area contributed by atoms with Crippen molar-refractivity contribution < 1.29 is 28.9 Å². The number of Topliss-reactive ketones (excluding diaryl/α,β-unsaturated/α-hetero) is 1. The predicted molar refractivity (Wildman–Crippen MR) is 138 cm³/mol. The Morgan fingerprint density at radius 1 is 0.972 bits per heavy atom. The SMILES string of the molecule is CCCOc1cccc(N2C(=O)C(=O)/C(=C(/O)c3ccc(OC)c(Cl)c3)C2c2cccc(OC)c2)c1. The maximum atomic E-state index is 13.4.